The van der Waals surface area contributed by atoms with E-state index in [2.05, 4.69) is 156 Å². The molecular formula is C47H30N4. The molecule has 12 rings (SSSR count). The molecule has 4 nitrogen and oxygen atoms in total. The molecule has 0 amide bonds. The van der Waals surface area contributed by atoms with Crippen LogP contribution in [0.5, 0.6) is 0 Å². The Morgan fingerprint density at radius 3 is 2.04 bits per heavy atom. The summed E-state index contributed by atoms with van der Waals surface area (Å²) in [5.41, 5.74) is 17.3. The van der Waals surface area contributed by atoms with Gasteiger partial charge in [-0.1, -0.05) is 92.7 Å². The Balaban J connectivity index is 1.20. The highest BCUT2D eigenvalue weighted by Gasteiger charge is 2.36. The average molecular weight is 651 g/mol. The molecule has 0 radical (unpaired) electrons. The first-order valence-electron chi connectivity index (χ1n) is 17.7. The summed E-state index contributed by atoms with van der Waals surface area (Å²) in [6.07, 6.45) is 0. The molecule has 4 heterocycles. The lowest BCUT2D eigenvalue weighted by Gasteiger charge is -2.21. The fourth-order valence-corrected chi connectivity index (χ4v) is 9.24. The van der Waals surface area contributed by atoms with Crippen molar-refractivity contribution >= 4 is 71.2 Å². The second kappa shape index (κ2) is 9.38. The maximum absolute atomic E-state index is 5.29. The van der Waals surface area contributed by atoms with E-state index in [4.69, 9.17) is 9.97 Å². The van der Waals surface area contributed by atoms with Gasteiger partial charge in [-0.3, -0.25) is 4.40 Å². The van der Waals surface area contributed by atoms with Crippen LogP contribution in [-0.2, 0) is 5.41 Å². The highest BCUT2D eigenvalue weighted by atomic mass is 15.0. The molecule has 1 aliphatic carbocycles. The van der Waals surface area contributed by atoms with Gasteiger partial charge in [0.25, 0.3) is 0 Å². The molecule has 1 aliphatic rings. The van der Waals surface area contributed by atoms with E-state index >= 15 is 0 Å². The molecule has 0 bridgehead atoms. The van der Waals surface area contributed by atoms with Crippen molar-refractivity contribution in [2.45, 2.75) is 19.3 Å². The predicted octanol–water partition coefficient (Wildman–Crippen LogP) is 11.9. The Kier molecular flexibility index (Phi) is 5.02. The fourth-order valence-electron chi connectivity index (χ4n) is 9.24. The van der Waals surface area contributed by atoms with Gasteiger partial charge < -0.3 is 4.57 Å². The molecule has 11 aromatic rings. The summed E-state index contributed by atoms with van der Waals surface area (Å²) in [6.45, 7) is 4.71. The molecule has 0 fully saturated rings. The van der Waals surface area contributed by atoms with Crippen LogP contribution < -0.4 is 0 Å². The highest BCUT2D eigenvalue weighted by molar-refractivity contribution is 6.24. The summed E-state index contributed by atoms with van der Waals surface area (Å²) in [6, 6.07) is 53.1. The van der Waals surface area contributed by atoms with Gasteiger partial charge in [0.15, 0.2) is 5.65 Å². The summed E-state index contributed by atoms with van der Waals surface area (Å²) < 4.78 is 4.76. The van der Waals surface area contributed by atoms with Crippen molar-refractivity contribution in [1.29, 1.82) is 0 Å². The van der Waals surface area contributed by atoms with Gasteiger partial charge in [-0.15, -0.1) is 0 Å². The number of para-hydroxylation sites is 4. The van der Waals surface area contributed by atoms with E-state index < -0.39 is 0 Å². The van der Waals surface area contributed by atoms with Crippen LogP contribution in [0.2, 0.25) is 0 Å². The van der Waals surface area contributed by atoms with Crippen LogP contribution in [-0.4, -0.2) is 18.9 Å². The quantitative estimate of drug-likeness (QED) is 0.187. The monoisotopic (exact) mass is 650 g/mol. The van der Waals surface area contributed by atoms with Crippen molar-refractivity contribution in [3.63, 3.8) is 0 Å². The van der Waals surface area contributed by atoms with Gasteiger partial charge in [-0.25, -0.2) is 9.97 Å². The van der Waals surface area contributed by atoms with Gasteiger partial charge in [0.05, 0.1) is 33.1 Å². The second-order valence-electron chi connectivity index (χ2n) is 14.6. The van der Waals surface area contributed by atoms with E-state index in [0.29, 0.717) is 0 Å². The molecule has 0 unspecified atom stereocenters. The molecule has 0 aliphatic heterocycles. The summed E-state index contributed by atoms with van der Waals surface area (Å²) in [7, 11) is 0. The van der Waals surface area contributed by atoms with Crippen molar-refractivity contribution in [3.05, 3.63) is 157 Å². The molecule has 4 heteroatoms. The Bertz CT molecular complexity index is 3270. The van der Waals surface area contributed by atoms with Crippen LogP contribution >= 0.6 is 0 Å². The summed E-state index contributed by atoms with van der Waals surface area (Å²) in [5.74, 6) is 0. The highest BCUT2D eigenvalue weighted by Crippen LogP contribution is 2.52. The van der Waals surface area contributed by atoms with Crippen molar-refractivity contribution in [2.24, 2.45) is 0 Å². The summed E-state index contributed by atoms with van der Waals surface area (Å²) in [5, 5.41) is 6.12. The van der Waals surface area contributed by atoms with Gasteiger partial charge in [0.1, 0.15) is 5.52 Å². The van der Waals surface area contributed by atoms with Gasteiger partial charge in [-0.2, -0.15) is 0 Å². The van der Waals surface area contributed by atoms with E-state index in [-0.39, 0.29) is 5.41 Å². The first kappa shape index (κ1) is 27.3. The fraction of sp³-hybridized carbons (Fsp3) is 0.0638. The number of aromatic nitrogens is 4. The van der Waals surface area contributed by atoms with Crippen LogP contribution in [0.4, 0.5) is 0 Å². The Labute approximate surface area is 293 Å². The molecule has 4 aromatic heterocycles. The topological polar surface area (TPSA) is 35.1 Å². The number of nitrogens with zero attached hydrogens (tertiary/aromatic N) is 4. The molecule has 7 aromatic carbocycles. The number of rotatable bonds is 2. The third-order valence-corrected chi connectivity index (χ3v) is 11.6. The minimum atomic E-state index is -0.102. The van der Waals surface area contributed by atoms with Crippen molar-refractivity contribution in [1.82, 2.24) is 18.9 Å². The molecule has 238 valence electrons. The predicted molar refractivity (Wildman–Crippen MR) is 212 cm³/mol. The van der Waals surface area contributed by atoms with E-state index in [1.54, 1.807) is 0 Å². The normalized spacial score (nSPS) is 13.8. The van der Waals surface area contributed by atoms with Crippen molar-refractivity contribution < 1.29 is 0 Å². The SMILES string of the molecule is CC1(C)c2ccccc2-c2cc3c4cc(-c5ccc6c(c5)c5ccccc5n6-c5ccccc5)cc5c6nc7ccccc7nc6n(c3cc21)c45. The second-order valence-corrected chi connectivity index (χ2v) is 14.6. The van der Waals surface area contributed by atoms with E-state index in [1.807, 2.05) is 12.1 Å². The van der Waals surface area contributed by atoms with E-state index in [0.717, 1.165) is 27.6 Å². The molecular weight excluding hydrogens is 621 g/mol. The Hall–Kier alpha value is -6.52. The van der Waals surface area contributed by atoms with Crippen LogP contribution in [0.3, 0.4) is 0 Å². The lowest BCUT2D eigenvalue weighted by atomic mass is 9.82. The van der Waals surface area contributed by atoms with E-state index in [9.17, 15) is 0 Å². The molecule has 0 atom stereocenters. The molecule has 0 N–H and O–H groups in total. The third-order valence-electron chi connectivity index (χ3n) is 11.6. The summed E-state index contributed by atoms with van der Waals surface area (Å²) in [4.78, 5) is 10.6. The molecule has 0 saturated carbocycles. The zero-order valence-electron chi connectivity index (χ0n) is 28.1. The number of benzene rings is 7. The zero-order chi connectivity index (χ0) is 33.6. The van der Waals surface area contributed by atoms with Gasteiger partial charge in [-0.05, 0) is 100 Å². The Morgan fingerprint density at radius 1 is 0.471 bits per heavy atom. The smallest absolute Gasteiger partial charge is 0.165 e. The molecule has 51 heavy (non-hydrogen) atoms. The van der Waals surface area contributed by atoms with Crippen LogP contribution in [0, 0.1) is 0 Å². The zero-order valence-corrected chi connectivity index (χ0v) is 28.1. The summed E-state index contributed by atoms with van der Waals surface area (Å²) >= 11 is 0. The van der Waals surface area contributed by atoms with Gasteiger partial charge >= 0.3 is 0 Å². The molecule has 0 spiro atoms. The van der Waals surface area contributed by atoms with Crippen LogP contribution in [0.15, 0.2) is 146 Å². The molecule has 0 saturated heterocycles. The van der Waals surface area contributed by atoms with Gasteiger partial charge in [0.2, 0.25) is 0 Å². The Morgan fingerprint density at radius 2 is 1.16 bits per heavy atom. The number of hydrogen-bond donors (Lipinski definition) is 0. The number of fused-ring (bicyclic) bond motifs is 13. The van der Waals surface area contributed by atoms with E-state index in [1.165, 1.54) is 82.7 Å². The van der Waals surface area contributed by atoms with Crippen molar-refractivity contribution in [3.8, 4) is 27.9 Å². The average Bonchev–Trinajstić information content (AvgIpc) is 3.86. The lowest BCUT2D eigenvalue weighted by Crippen LogP contribution is -2.14. The largest absolute Gasteiger partial charge is 0.309 e. The van der Waals surface area contributed by atoms with Crippen LogP contribution in [0.25, 0.3) is 99.1 Å². The maximum atomic E-state index is 5.29. The maximum Gasteiger partial charge on any atom is 0.165 e. The lowest BCUT2D eigenvalue weighted by molar-refractivity contribution is 0.661. The minimum absolute atomic E-state index is 0.102. The van der Waals surface area contributed by atoms with Gasteiger partial charge in [0, 0.05) is 38.0 Å². The number of hydrogen-bond acceptors (Lipinski definition) is 2. The third kappa shape index (κ3) is 3.44. The minimum Gasteiger partial charge on any atom is -0.309 e. The standard InChI is InChI=1S/C47H30N4/c1-47(2)37-16-8-6-14-30(37)32-25-34-35-23-28(27-20-21-42-33(22-27)31-15-7-11-19-41(31)50(42)29-12-4-3-5-13-29)24-36-44-46(49-40-18-10-9-17-39(40)48-44)51(45(35)36)43(34)26-38(32)47/h3-26H,1-2H3. The first-order chi connectivity index (χ1) is 25.0. The van der Waals surface area contributed by atoms with Crippen molar-refractivity contribution in [2.75, 3.05) is 0 Å². The van der Waals surface area contributed by atoms with Crippen LogP contribution in [0.1, 0.15) is 25.0 Å². The first-order valence-corrected chi connectivity index (χ1v) is 17.7.